The molecule has 0 heterocycles. The van der Waals surface area contributed by atoms with Crippen molar-refractivity contribution in [3.8, 4) is 11.5 Å². The number of carbonyl (C=O) groups excluding carboxylic acids is 2. The van der Waals surface area contributed by atoms with Crippen LogP contribution in [0.5, 0.6) is 11.5 Å². The molecule has 2 amide bonds. The molecule has 0 atom stereocenters. The summed E-state index contributed by atoms with van der Waals surface area (Å²) in [7, 11) is 3.17. The Hall–Kier alpha value is -3.02. The van der Waals surface area contributed by atoms with E-state index in [1.807, 2.05) is 30.3 Å². The summed E-state index contributed by atoms with van der Waals surface area (Å²) in [6.45, 7) is 0.829. The smallest absolute Gasteiger partial charge is 0.251 e. The maximum atomic E-state index is 12.0. The lowest BCUT2D eigenvalue weighted by atomic mass is 10.2. The fourth-order valence-corrected chi connectivity index (χ4v) is 2.42. The van der Waals surface area contributed by atoms with Gasteiger partial charge in [-0.1, -0.05) is 18.2 Å². The summed E-state index contributed by atoms with van der Waals surface area (Å²) in [5.41, 5.74) is 1.49. The molecule has 6 nitrogen and oxygen atoms in total. The first kappa shape index (κ1) is 19.3. The minimum Gasteiger partial charge on any atom is -0.497 e. The third kappa shape index (κ3) is 5.81. The minimum absolute atomic E-state index is 0.0724. The maximum Gasteiger partial charge on any atom is 0.251 e. The lowest BCUT2D eigenvalue weighted by Gasteiger charge is -2.11. The van der Waals surface area contributed by atoms with Gasteiger partial charge in [0.25, 0.3) is 5.91 Å². The molecule has 2 N–H and O–H groups in total. The molecule has 0 saturated heterocycles. The molecule has 0 fully saturated rings. The van der Waals surface area contributed by atoms with Gasteiger partial charge in [-0.2, -0.15) is 0 Å². The van der Waals surface area contributed by atoms with E-state index in [1.165, 1.54) is 0 Å². The molecular weight excluding hydrogens is 332 g/mol. The molecule has 0 aromatic heterocycles. The number of rotatable bonds is 9. The zero-order chi connectivity index (χ0) is 18.8. The summed E-state index contributed by atoms with van der Waals surface area (Å²) in [6.07, 6.45) is 0.914. The van der Waals surface area contributed by atoms with Crippen molar-refractivity contribution in [1.82, 2.24) is 10.6 Å². The maximum absolute atomic E-state index is 12.0. The Morgan fingerprint density at radius 2 is 1.73 bits per heavy atom. The molecule has 0 aliphatic rings. The van der Waals surface area contributed by atoms with E-state index in [0.717, 1.165) is 5.56 Å². The Balaban J connectivity index is 1.70. The molecule has 0 aliphatic carbocycles. The largest absolute Gasteiger partial charge is 0.497 e. The Bertz CT molecular complexity index is 732. The number of hydrogen-bond acceptors (Lipinski definition) is 4. The molecule has 138 valence electrons. The summed E-state index contributed by atoms with van der Waals surface area (Å²) in [5, 5.41) is 5.66. The van der Waals surface area contributed by atoms with Gasteiger partial charge < -0.3 is 20.1 Å². The highest BCUT2D eigenvalue weighted by Crippen LogP contribution is 2.24. The first-order valence-electron chi connectivity index (χ1n) is 8.45. The van der Waals surface area contributed by atoms with E-state index in [9.17, 15) is 9.59 Å². The molecule has 0 spiro atoms. The van der Waals surface area contributed by atoms with Gasteiger partial charge in [0.05, 0.1) is 14.2 Å². The Labute approximate surface area is 153 Å². The highest BCUT2D eigenvalue weighted by Gasteiger charge is 2.08. The summed E-state index contributed by atoms with van der Waals surface area (Å²) in [6, 6.07) is 14.5. The highest BCUT2D eigenvalue weighted by atomic mass is 16.5. The van der Waals surface area contributed by atoms with E-state index >= 15 is 0 Å². The van der Waals surface area contributed by atoms with Crippen molar-refractivity contribution < 1.29 is 19.1 Å². The number of nitrogens with one attached hydrogen (secondary N) is 2. The van der Waals surface area contributed by atoms with Crippen molar-refractivity contribution in [2.24, 2.45) is 0 Å². The van der Waals surface area contributed by atoms with Crippen LogP contribution in [0.1, 0.15) is 28.8 Å². The highest BCUT2D eigenvalue weighted by molar-refractivity contribution is 5.94. The topological polar surface area (TPSA) is 76.7 Å². The predicted molar refractivity (Wildman–Crippen MR) is 99.4 cm³/mol. The van der Waals surface area contributed by atoms with Crippen molar-refractivity contribution in [1.29, 1.82) is 0 Å². The van der Waals surface area contributed by atoms with E-state index < -0.39 is 0 Å². The van der Waals surface area contributed by atoms with Crippen molar-refractivity contribution in [2.75, 3.05) is 20.8 Å². The van der Waals surface area contributed by atoms with Gasteiger partial charge in [-0.15, -0.1) is 0 Å². The fourth-order valence-electron chi connectivity index (χ4n) is 2.42. The van der Waals surface area contributed by atoms with E-state index in [0.29, 0.717) is 43.0 Å². The molecule has 26 heavy (non-hydrogen) atoms. The Morgan fingerprint density at radius 3 is 2.42 bits per heavy atom. The van der Waals surface area contributed by atoms with E-state index in [4.69, 9.17) is 9.47 Å². The van der Waals surface area contributed by atoms with Crippen LogP contribution in [0, 0.1) is 0 Å². The molecule has 2 aromatic rings. The quantitative estimate of drug-likeness (QED) is 0.677. The Morgan fingerprint density at radius 1 is 0.962 bits per heavy atom. The predicted octanol–water partition coefficient (Wildman–Crippen LogP) is 2.53. The van der Waals surface area contributed by atoms with Gasteiger partial charge in [-0.05, 0) is 30.7 Å². The van der Waals surface area contributed by atoms with Gasteiger partial charge in [0.15, 0.2) is 0 Å². The van der Waals surface area contributed by atoms with Crippen LogP contribution in [0.2, 0.25) is 0 Å². The normalized spacial score (nSPS) is 10.1. The first-order chi connectivity index (χ1) is 12.6. The van der Waals surface area contributed by atoms with Crippen molar-refractivity contribution >= 4 is 11.8 Å². The van der Waals surface area contributed by atoms with E-state index in [-0.39, 0.29) is 11.8 Å². The second-order valence-electron chi connectivity index (χ2n) is 5.68. The second-order valence-corrected chi connectivity index (χ2v) is 5.68. The number of hydrogen-bond donors (Lipinski definition) is 2. The monoisotopic (exact) mass is 356 g/mol. The lowest BCUT2D eigenvalue weighted by molar-refractivity contribution is -0.121. The van der Waals surface area contributed by atoms with Crippen LogP contribution in [0.3, 0.4) is 0 Å². The van der Waals surface area contributed by atoms with Crippen molar-refractivity contribution in [3.63, 3.8) is 0 Å². The number of amides is 2. The standard InChI is InChI=1S/C20H24N2O4/c1-25-17-11-10-16(18(13-17)26-2)14-22-19(23)9-6-12-21-20(24)15-7-4-3-5-8-15/h3-5,7-8,10-11,13H,6,9,12,14H2,1-2H3,(H,21,24)(H,22,23). The van der Waals surface area contributed by atoms with Gasteiger partial charge in [0, 0.05) is 36.7 Å². The lowest BCUT2D eigenvalue weighted by Crippen LogP contribution is -2.27. The third-order valence-electron chi connectivity index (χ3n) is 3.87. The average molecular weight is 356 g/mol. The Kier molecular flexibility index (Phi) is 7.49. The summed E-state index contributed by atoms with van der Waals surface area (Å²) < 4.78 is 10.5. The molecule has 0 aliphatic heterocycles. The van der Waals surface area contributed by atoms with Crippen LogP contribution in [0.25, 0.3) is 0 Å². The van der Waals surface area contributed by atoms with Crippen LogP contribution < -0.4 is 20.1 Å². The zero-order valence-corrected chi connectivity index (χ0v) is 15.1. The van der Waals surface area contributed by atoms with Gasteiger partial charge >= 0.3 is 0 Å². The van der Waals surface area contributed by atoms with Crippen LogP contribution >= 0.6 is 0 Å². The number of methoxy groups -OCH3 is 2. The zero-order valence-electron chi connectivity index (χ0n) is 15.1. The van der Waals surface area contributed by atoms with Crippen LogP contribution in [-0.2, 0) is 11.3 Å². The van der Waals surface area contributed by atoms with E-state index in [2.05, 4.69) is 10.6 Å². The van der Waals surface area contributed by atoms with Gasteiger partial charge in [-0.25, -0.2) is 0 Å². The van der Waals surface area contributed by atoms with Crippen molar-refractivity contribution in [3.05, 3.63) is 59.7 Å². The molecule has 0 bridgehead atoms. The first-order valence-corrected chi connectivity index (χ1v) is 8.45. The van der Waals surface area contributed by atoms with Crippen LogP contribution in [0.15, 0.2) is 48.5 Å². The molecule has 6 heteroatoms. The molecule has 0 unspecified atom stereocenters. The number of benzene rings is 2. The molecular formula is C20H24N2O4. The fraction of sp³-hybridized carbons (Fsp3) is 0.300. The SMILES string of the molecule is COc1ccc(CNC(=O)CCCNC(=O)c2ccccc2)c(OC)c1. The minimum atomic E-state index is -0.131. The van der Waals surface area contributed by atoms with Gasteiger partial charge in [-0.3, -0.25) is 9.59 Å². The van der Waals surface area contributed by atoms with Crippen LogP contribution in [0.4, 0.5) is 0 Å². The van der Waals surface area contributed by atoms with Gasteiger partial charge in [0.1, 0.15) is 11.5 Å². The van der Waals surface area contributed by atoms with Crippen molar-refractivity contribution in [2.45, 2.75) is 19.4 Å². The summed E-state index contributed by atoms with van der Waals surface area (Å²) in [4.78, 5) is 23.9. The third-order valence-corrected chi connectivity index (χ3v) is 3.87. The molecule has 2 aromatic carbocycles. The second kappa shape index (κ2) is 10.1. The number of carbonyl (C=O) groups is 2. The summed E-state index contributed by atoms with van der Waals surface area (Å²) in [5.74, 6) is 1.16. The number of ether oxygens (including phenoxy) is 2. The van der Waals surface area contributed by atoms with E-state index in [1.54, 1.807) is 32.4 Å². The molecule has 0 radical (unpaired) electrons. The average Bonchev–Trinajstić information content (AvgIpc) is 2.69. The van der Waals surface area contributed by atoms with Crippen LogP contribution in [-0.4, -0.2) is 32.6 Å². The summed E-state index contributed by atoms with van der Waals surface area (Å²) >= 11 is 0. The van der Waals surface area contributed by atoms with Gasteiger partial charge in [0.2, 0.25) is 5.91 Å². The molecule has 0 saturated carbocycles. The molecule has 2 rings (SSSR count).